The number of imide groups is 1. The SMILES string of the molecule is COCCCN1C(=O)C(C#N)=C(C)/C(=C\c2cn(-c3ccccc3)nc2-c2cccc(OCc3ccc(Cl)cc3)c2)C1=O. The minimum absolute atomic E-state index is 0.0575. The maximum absolute atomic E-state index is 13.6. The van der Waals surface area contributed by atoms with E-state index < -0.39 is 11.8 Å². The van der Waals surface area contributed by atoms with E-state index in [1.54, 1.807) is 24.8 Å². The van der Waals surface area contributed by atoms with E-state index in [9.17, 15) is 14.9 Å². The molecule has 0 aliphatic carbocycles. The molecule has 4 aromatic rings. The number of benzene rings is 3. The molecular weight excluding hydrogens is 564 g/mol. The predicted octanol–water partition coefficient (Wildman–Crippen LogP) is 6.40. The van der Waals surface area contributed by atoms with Gasteiger partial charge in [0.2, 0.25) is 0 Å². The van der Waals surface area contributed by atoms with Crippen LogP contribution in [0.3, 0.4) is 0 Å². The van der Waals surface area contributed by atoms with Crippen molar-refractivity contribution < 1.29 is 19.1 Å². The Morgan fingerprint density at radius 3 is 2.49 bits per heavy atom. The summed E-state index contributed by atoms with van der Waals surface area (Å²) in [6.45, 7) is 2.51. The summed E-state index contributed by atoms with van der Waals surface area (Å²) in [6.07, 6.45) is 3.99. The minimum atomic E-state index is -0.594. The number of hydrogen-bond donors (Lipinski definition) is 0. The number of halogens is 1. The summed E-state index contributed by atoms with van der Waals surface area (Å²) in [5.74, 6) is -0.410. The fourth-order valence-corrected chi connectivity index (χ4v) is 4.89. The number of ether oxygens (including phenoxy) is 2. The molecular formula is C34H29ClN4O4. The number of amides is 2. The van der Waals surface area contributed by atoms with Crippen LogP contribution in [0.1, 0.15) is 24.5 Å². The number of aromatic nitrogens is 2. The molecule has 0 saturated carbocycles. The fraction of sp³-hybridized carbons (Fsp3) is 0.176. The third-order valence-corrected chi connectivity index (χ3v) is 7.30. The molecule has 216 valence electrons. The molecule has 8 nitrogen and oxygen atoms in total. The van der Waals surface area contributed by atoms with Gasteiger partial charge in [-0.25, -0.2) is 4.68 Å². The van der Waals surface area contributed by atoms with Crippen molar-refractivity contribution in [2.45, 2.75) is 20.0 Å². The van der Waals surface area contributed by atoms with Crippen molar-refractivity contribution in [1.82, 2.24) is 14.7 Å². The van der Waals surface area contributed by atoms with Crippen molar-refractivity contribution in [3.8, 4) is 28.8 Å². The Morgan fingerprint density at radius 1 is 1.00 bits per heavy atom. The fourth-order valence-electron chi connectivity index (χ4n) is 4.77. The second kappa shape index (κ2) is 13.3. The number of hydrogen-bond acceptors (Lipinski definition) is 6. The summed E-state index contributed by atoms with van der Waals surface area (Å²) in [5, 5.41) is 15.3. The van der Waals surface area contributed by atoms with Gasteiger partial charge in [-0.1, -0.05) is 54.1 Å². The molecule has 0 atom stereocenters. The van der Waals surface area contributed by atoms with Crippen molar-refractivity contribution in [3.05, 3.63) is 118 Å². The lowest BCUT2D eigenvalue weighted by Gasteiger charge is -2.27. The Morgan fingerprint density at radius 2 is 1.77 bits per heavy atom. The first-order valence-corrected chi connectivity index (χ1v) is 14.1. The number of nitrogens with zero attached hydrogens (tertiary/aromatic N) is 4. The molecule has 1 aliphatic heterocycles. The van der Waals surface area contributed by atoms with Gasteiger partial charge in [-0.3, -0.25) is 14.5 Å². The second-order valence-electron chi connectivity index (χ2n) is 9.93. The zero-order valence-electron chi connectivity index (χ0n) is 23.8. The van der Waals surface area contributed by atoms with Gasteiger partial charge in [0.1, 0.15) is 29.7 Å². The van der Waals surface area contributed by atoms with Gasteiger partial charge in [-0.05, 0) is 67.0 Å². The van der Waals surface area contributed by atoms with E-state index in [0.717, 1.165) is 21.7 Å². The van der Waals surface area contributed by atoms with Crippen LogP contribution < -0.4 is 4.74 Å². The van der Waals surface area contributed by atoms with E-state index in [2.05, 4.69) is 0 Å². The molecule has 0 saturated heterocycles. The highest BCUT2D eigenvalue weighted by Gasteiger charge is 2.35. The molecule has 1 aromatic heterocycles. The smallest absolute Gasteiger partial charge is 0.271 e. The van der Waals surface area contributed by atoms with Crippen molar-refractivity contribution in [1.29, 1.82) is 5.26 Å². The molecule has 0 unspecified atom stereocenters. The normalized spacial score (nSPS) is 14.4. The molecule has 0 radical (unpaired) electrons. The van der Waals surface area contributed by atoms with Crippen LogP contribution in [0.25, 0.3) is 23.0 Å². The van der Waals surface area contributed by atoms with Gasteiger partial charge < -0.3 is 9.47 Å². The molecule has 9 heteroatoms. The van der Waals surface area contributed by atoms with Crippen molar-refractivity contribution in [2.24, 2.45) is 0 Å². The Hall–Kier alpha value is -4.97. The predicted molar refractivity (Wildman–Crippen MR) is 164 cm³/mol. The zero-order valence-corrected chi connectivity index (χ0v) is 24.5. The van der Waals surface area contributed by atoms with Gasteiger partial charge in [0, 0.05) is 48.2 Å². The summed E-state index contributed by atoms with van der Waals surface area (Å²) in [7, 11) is 1.56. The van der Waals surface area contributed by atoms with Gasteiger partial charge in [-0.2, -0.15) is 10.4 Å². The average Bonchev–Trinajstić information content (AvgIpc) is 3.45. The quantitative estimate of drug-likeness (QED) is 0.120. The lowest BCUT2D eigenvalue weighted by molar-refractivity contribution is -0.140. The number of nitriles is 1. The highest BCUT2D eigenvalue weighted by atomic mass is 35.5. The van der Waals surface area contributed by atoms with Crippen LogP contribution in [-0.2, 0) is 20.9 Å². The van der Waals surface area contributed by atoms with E-state index in [0.29, 0.717) is 47.2 Å². The van der Waals surface area contributed by atoms with Gasteiger partial charge >= 0.3 is 0 Å². The van der Waals surface area contributed by atoms with Gasteiger partial charge in [0.05, 0.1) is 5.69 Å². The standard InChI is InChI=1S/C34H29ClN4O4/c1-23-30(33(40)38(16-7-17-42-2)34(41)31(23)20-36)19-26-21-39(28-9-4-3-5-10-28)37-32(26)25-8-6-11-29(18-25)43-22-24-12-14-27(35)15-13-24/h3-6,8-15,18-19,21H,7,16-17,22H2,1-2H3/b30-19+. The van der Waals surface area contributed by atoms with Crippen LogP contribution in [0.2, 0.25) is 5.02 Å². The molecule has 1 aliphatic rings. The van der Waals surface area contributed by atoms with Crippen LogP contribution in [0, 0.1) is 11.3 Å². The largest absolute Gasteiger partial charge is 0.489 e. The highest BCUT2D eigenvalue weighted by Crippen LogP contribution is 2.32. The summed E-state index contributed by atoms with van der Waals surface area (Å²) < 4.78 is 12.9. The maximum Gasteiger partial charge on any atom is 0.271 e. The molecule has 2 amide bonds. The molecule has 3 aromatic carbocycles. The van der Waals surface area contributed by atoms with Gasteiger partial charge in [-0.15, -0.1) is 0 Å². The minimum Gasteiger partial charge on any atom is -0.489 e. The topological polar surface area (TPSA) is 97.5 Å². The van der Waals surface area contributed by atoms with E-state index in [1.165, 1.54) is 0 Å². The first-order valence-electron chi connectivity index (χ1n) is 13.7. The lowest BCUT2D eigenvalue weighted by Crippen LogP contribution is -2.43. The lowest BCUT2D eigenvalue weighted by atomic mass is 9.93. The van der Waals surface area contributed by atoms with Crippen LogP contribution in [-0.4, -0.2) is 46.8 Å². The summed E-state index contributed by atoms with van der Waals surface area (Å²) in [5.41, 5.74) is 4.37. The second-order valence-corrected chi connectivity index (χ2v) is 10.4. The summed E-state index contributed by atoms with van der Waals surface area (Å²) in [4.78, 5) is 27.7. The number of rotatable bonds is 10. The number of carbonyl (C=O) groups excluding carboxylic acids is 2. The summed E-state index contributed by atoms with van der Waals surface area (Å²) >= 11 is 6.01. The molecule has 0 N–H and O–H groups in total. The van der Waals surface area contributed by atoms with Gasteiger partial charge in [0.15, 0.2) is 0 Å². The third-order valence-electron chi connectivity index (χ3n) is 7.04. The average molecular weight is 593 g/mol. The molecule has 0 spiro atoms. The molecule has 2 heterocycles. The first-order chi connectivity index (χ1) is 20.9. The Kier molecular flexibility index (Phi) is 9.16. The highest BCUT2D eigenvalue weighted by molar-refractivity contribution is 6.30. The molecule has 5 rings (SSSR count). The van der Waals surface area contributed by atoms with E-state index >= 15 is 0 Å². The number of methoxy groups -OCH3 is 1. The first kappa shape index (κ1) is 29.5. The third kappa shape index (κ3) is 6.59. The van der Waals surface area contributed by atoms with Crippen molar-refractivity contribution >= 4 is 29.5 Å². The van der Waals surface area contributed by atoms with Crippen LogP contribution in [0.4, 0.5) is 0 Å². The van der Waals surface area contributed by atoms with Crippen LogP contribution >= 0.6 is 11.6 Å². The Bertz CT molecular complexity index is 1750. The molecule has 0 bridgehead atoms. The molecule has 0 fully saturated rings. The zero-order chi connectivity index (χ0) is 30.3. The summed E-state index contributed by atoms with van der Waals surface area (Å²) in [6, 6.07) is 26.6. The molecule has 43 heavy (non-hydrogen) atoms. The number of para-hydroxylation sites is 1. The van der Waals surface area contributed by atoms with Gasteiger partial charge in [0.25, 0.3) is 11.8 Å². The van der Waals surface area contributed by atoms with Crippen LogP contribution in [0.5, 0.6) is 5.75 Å². The van der Waals surface area contributed by atoms with E-state index in [-0.39, 0.29) is 17.7 Å². The van der Waals surface area contributed by atoms with E-state index in [4.69, 9.17) is 26.2 Å². The Labute approximate surface area is 255 Å². The van der Waals surface area contributed by atoms with Crippen molar-refractivity contribution in [2.75, 3.05) is 20.3 Å². The van der Waals surface area contributed by atoms with Crippen LogP contribution in [0.15, 0.2) is 102 Å². The van der Waals surface area contributed by atoms with E-state index in [1.807, 2.05) is 91.1 Å². The monoisotopic (exact) mass is 592 g/mol. The van der Waals surface area contributed by atoms with Crippen molar-refractivity contribution in [3.63, 3.8) is 0 Å². The number of carbonyl (C=O) groups is 2. The Balaban J connectivity index is 1.56. The maximum atomic E-state index is 13.6.